The second-order valence-electron chi connectivity index (χ2n) is 5.90. The summed E-state index contributed by atoms with van der Waals surface area (Å²) in [7, 11) is 0. The van der Waals surface area contributed by atoms with E-state index in [1.54, 1.807) is 6.07 Å². The number of carbonyl (C=O) groups excluding carboxylic acids is 1. The Bertz CT molecular complexity index is 407. The molecule has 0 bridgehead atoms. The number of aromatic nitrogens is 1. The van der Waals surface area contributed by atoms with Crippen LogP contribution in [0.2, 0.25) is 0 Å². The zero-order chi connectivity index (χ0) is 12.8. The molecule has 0 atom stereocenters. The van der Waals surface area contributed by atoms with E-state index in [0.717, 1.165) is 0 Å². The van der Waals surface area contributed by atoms with Gasteiger partial charge in [-0.3, -0.25) is 4.79 Å². The number of amides is 1. The minimum Gasteiger partial charge on any atom is -0.351 e. The normalized spacial score (nSPS) is 29.5. The van der Waals surface area contributed by atoms with E-state index < -0.39 is 0 Å². The maximum atomic E-state index is 11.9. The molecular weight excluding hydrogens is 218 g/mol. The highest BCUT2D eigenvalue weighted by Gasteiger charge is 2.60. The summed E-state index contributed by atoms with van der Waals surface area (Å²) in [6.07, 6.45) is 1.46. The molecule has 0 unspecified atom stereocenters. The van der Waals surface area contributed by atoms with Crippen molar-refractivity contribution in [3.8, 4) is 0 Å². The molecule has 17 heavy (non-hydrogen) atoms. The van der Waals surface area contributed by atoms with E-state index in [2.05, 4.69) is 38.2 Å². The van der Waals surface area contributed by atoms with E-state index in [0.29, 0.717) is 0 Å². The summed E-state index contributed by atoms with van der Waals surface area (Å²) in [6.45, 7) is 8.25. The third-order valence-corrected chi connectivity index (χ3v) is 4.03. The molecule has 0 radical (unpaired) electrons. The molecule has 5 nitrogen and oxygen atoms in total. The first kappa shape index (κ1) is 12.1. The van der Waals surface area contributed by atoms with Crippen LogP contribution in [0.3, 0.4) is 0 Å². The van der Waals surface area contributed by atoms with Gasteiger partial charge in [0.05, 0.1) is 6.20 Å². The Morgan fingerprint density at radius 3 is 2.47 bits per heavy atom. The van der Waals surface area contributed by atoms with Crippen LogP contribution in [0.5, 0.6) is 0 Å². The van der Waals surface area contributed by atoms with Crippen LogP contribution in [-0.2, 0) is 0 Å². The van der Waals surface area contributed by atoms with E-state index in [1.807, 2.05) is 0 Å². The van der Waals surface area contributed by atoms with Crippen molar-refractivity contribution in [2.24, 2.45) is 16.6 Å². The van der Waals surface area contributed by atoms with Crippen LogP contribution in [0, 0.1) is 10.8 Å². The van der Waals surface area contributed by atoms with E-state index in [-0.39, 0.29) is 34.6 Å². The fourth-order valence-corrected chi connectivity index (χ4v) is 3.09. The van der Waals surface area contributed by atoms with Gasteiger partial charge in [-0.1, -0.05) is 32.9 Å². The highest BCUT2D eigenvalue weighted by atomic mass is 16.5. The third-order valence-electron chi connectivity index (χ3n) is 4.03. The molecule has 1 heterocycles. The number of hydrogen-bond acceptors (Lipinski definition) is 4. The van der Waals surface area contributed by atoms with Gasteiger partial charge in [-0.25, -0.2) is 0 Å². The van der Waals surface area contributed by atoms with Crippen molar-refractivity contribution in [1.29, 1.82) is 0 Å². The quantitative estimate of drug-likeness (QED) is 0.809. The van der Waals surface area contributed by atoms with Gasteiger partial charge in [-0.05, 0) is 0 Å². The fraction of sp³-hybridized carbons (Fsp3) is 0.667. The first-order valence-electron chi connectivity index (χ1n) is 5.75. The summed E-state index contributed by atoms with van der Waals surface area (Å²) >= 11 is 0. The maximum Gasteiger partial charge on any atom is 0.290 e. The van der Waals surface area contributed by atoms with Gasteiger partial charge >= 0.3 is 0 Å². The van der Waals surface area contributed by atoms with Gasteiger partial charge in [-0.15, -0.1) is 0 Å². The van der Waals surface area contributed by atoms with Crippen LogP contribution in [0.25, 0.3) is 0 Å². The van der Waals surface area contributed by atoms with Crippen LogP contribution in [0.1, 0.15) is 38.2 Å². The summed E-state index contributed by atoms with van der Waals surface area (Å²) in [5.74, 6) is -0.00220. The van der Waals surface area contributed by atoms with Crippen LogP contribution in [0.15, 0.2) is 16.8 Å². The zero-order valence-electron chi connectivity index (χ0n) is 10.7. The van der Waals surface area contributed by atoms with Crippen LogP contribution in [-0.4, -0.2) is 23.1 Å². The van der Waals surface area contributed by atoms with Crippen LogP contribution >= 0.6 is 0 Å². The van der Waals surface area contributed by atoms with Crippen molar-refractivity contribution in [2.45, 2.75) is 39.8 Å². The Labute approximate surface area is 101 Å². The van der Waals surface area contributed by atoms with Crippen molar-refractivity contribution in [1.82, 2.24) is 10.5 Å². The topological polar surface area (TPSA) is 81.1 Å². The summed E-state index contributed by atoms with van der Waals surface area (Å²) in [6, 6.07) is 1.64. The Kier molecular flexibility index (Phi) is 2.54. The number of nitrogens with one attached hydrogen (secondary N) is 1. The molecular formula is C12H19N3O2. The van der Waals surface area contributed by atoms with Gasteiger partial charge < -0.3 is 15.6 Å². The van der Waals surface area contributed by atoms with Gasteiger partial charge in [0.15, 0.2) is 0 Å². The predicted octanol–water partition coefficient (Wildman–Crippen LogP) is 1.17. The highest BCUT2D eigenvalue weighted by molar-refractivity contribution is 5.91. The molecule has 1 aliphatic rings. The average Bonchev–Trinajstić information content (AvgIpc) is 2.77. The molecule has 1 aromatic rings. The van der Waals surface area contributed by atoms with Crippen molar-refractivity contribution in [2.75, 3.05) is 0 Å². The Morgan fingerprint density at radius 2 is 2.00 bits per heavy atom. The van der Waals surface area contributed by atoms with Gasteiger partial charge in [0.2, 0.25) is 5.76 Å². The van der Waals surface area contributed by atoms with Crippen LogP contribution < -0.4 is 11.1 Å². The van der Waals surface area contributed by atoms with E-state index in [1.165, 1.54) is 6.20 Å². The molecule has 1 fully saturated rings. The molecule has 1 amide bonds. The smallest absolute Gasteiger partial charge is 0.290 e. The van der Waals surface area contributed by atoms with Crippen molar-refractivity contribution in [3.05, 3.63) is 18.0 Å². The Hall–Kier alpha value is -1.36. The minimum atomic E-state index is -0.236. The molecule has 0 saturated heterocycles. The molecule has 0 aliphatic heterocycles. The molecule has 3 N–H and O–H groups in total. The summed E-state index contributed by atoms with van der Waals surface area (Å²) in [5.41, 5.74) is 5.91. The number of nitrogens with two attached hydrogens (primary N) is 1. The fourth-order valence-electron chi connectivity index (χ4n) is 3.09. The lowest BCUT2D eigenvalue weighted by atomic mass is 9.48. The summed E-state index contributed by atoms with van der Waals surface area (Å²) < 4.78 is 4.83. The molecule has 0 spiro atoms. The standard InChI is InChI=1S/C12H19N3O2/c1-11(2)9(13)12(3,4)10(11)15-8(16)7-5-6-14-17-7/h5-6,9-10H,13H2,1-4H3,(H,15,16). The first-order chi connectivity index (χ1) is 7.78. The minimum absolute atomic E-state index is 0.0302. The second-order valence-corrected chi connectivity index (χ2v) is 5.90. The third kappa shape index (κ3) is 1.65. The number of rotatable bonds is 2. The summed E-state index contributed by atoms with van der Waals surface area (Å²) in [5, 5.41) is 6.50. The average molecular weight is 237 g/mol. The lowest BCUT2D eigenvalue weighted by molar-refractivity contribution is -0.0667. The largest absolute Gasteiger partial charge is 0.351 e. The van der Waals surface area contributed by atoms with Crippen molar-refractivity contribution >= 4 is 5.91 Å². The van der Waals surface area contributed by atoms with E-state index in [4.69, 9.17) is 10.3 Å². The van der Waals surface area contributed by atoms with Crippen molar-refractivity contribution in [3.63, 3.8) is 0 Å². The Morgan fingerprint density at radius 1 is 1.41 bits per heavy atom. The molecule has 1 aliphatic carbocycles. The zero-order valence-corrected chi connectivity index (χ0v) is 10.7. The SMILES string of the molecule is CC1(C)C(N)C(C)(C)C1NC(=O)c1ccno1. The van der Waals surface area contributed by atoms with Crippen molar-refractivity contribution < 1.29 is 9.32 Å². The van der Waals surface area contributed by atoms with Gasteiger partial charge in [0.1, 0.15) is 0 Å². The maximum absolute atomic E-state index is 11.9. The lowest BCUT2D eigenvalue weighted by Gasteiger charge is -2.62. The van der Waals surface area contributed by atoms with Gasteiger partial charge in [0, 0.05) is 29.0 Å². The molecule has 1 saturated carbocycles. The van der Waals surface area contributed by atoms with Crippen LogP contribution in [0.4, 0.5) is 0 Å². The van der Waals surface area contributed by atoms with Gasteiger partial charge in [0.25, 0.3) is 5.91 Å². The Balaban J connectivity index is 2.12. The molecule has 0 aromatic carbocycles. The monoisotopic (exact) mass is 237 g/mol. The lowest BCUT2D eigenvalue weighted by Crippen LogP contribution is -2.76. The highest BCUT2D eigenvalue weighted by Crippen LogP contribution is 2.52. The van der Waals surface area contributed by atoms with E-state index in [9.17, 15) is 4.79 Å². The summed E-state index contributed by atoms with van der Waals surface area (Å²) in [4.78, 5) is 11.9. The van der Waals surface area contributed by atoms with Gasteiger partial charge in [-0.2, -0.15) is 0 Å². The number of nitrogens with zero attached hydrogens (tertiary/aromatic N) is 1. The molecule has 94 valence electrons. The number of hydrogen-bond donors (Lipinski definition) is 2. The molecule has 5 heteroatoms. The first-order valence-corrected chi connectivity index (χ1v) is 5.75. The molecule has 2 rings (SSSR count). The number of carbonyl (C=O) groups is 1. The van der Waals surface area contributed by atoms with E-state index >= 15 is 0 Å². The molecule has 1 aromatic heterocycles. The second kappa shape index (κ2) is 3.57. The predicted molar refractivity (Wildman–Crippen MR) is 63.3 cm³/mol.